The third kappa shape index (κ3) is 3.03. The lowest BCUT2D eigenvalue weighted by Crippen LogP contribution is -2.33. The topological polar surface area (TPSA) is 75.9 Å². The molecule has 6 heteroatoms. The second kappa shape index (κ2) is 6.34. The predicted octanol–water partition coefficient (Wildman–Crippen LogP) is 2.70. The number of fused-ring (bicyclic) bond motifs is 1. The van der Waals surface area contributed by atoms with E-state index in [4.69, 9.17) is 9.40 Å². The van der Waals surface area contributed by atoms with Gasteiger partial charge in [-0.3, -0.25) is 4.98 Å². The van der Waals surface area contributed by atoms with Crippen LogP contribution >= 0.6 is 0 Å². The first-order valence-electron chi connectivity index (χ1n) is 7.99. The Hall–Kier alpha value is -2.47. The van der Waals surface area contributed by atoms with Gasteiger partial charge in [-0.1, -0.05) is 0 Å². The van der Waals surface area contributed by atoms with Crippen LogP contribution in [0.25, 0.3) is 22.3 Å². The van der Waals surface area contributed by atoms with Crippen molar-refractivity contribution in [2.24, 2.45) is 5.92 Å². The summed E-state index contributed by atoms with van der Waals surface area (Å²) >= 11 is 0. The maximum atomic E-state index is 5.17. The zero-order valence-corrected chi connectivity index (χ0v) is 12.8. The summed E-state index contributed by atoms with van der Waals surface area (Å²) in [7, 11) is 0. The van der Waals surface area contributed by atoms with Crippen LogP contribution in [-0.4, -0.2) is 34.6 Å². The fourth-order valence-corrected chi connectivity index (χ4v) is 2.99. The van der Waals surface area contributed by atoms with Gasteiger partial charge in [-0.2, -0.15) is 0 Å². The summed E-state index contributed by atoms with van der Waals surface area (Å²) in [5.74, 6) is 1.41. The van der Waals surface area contributed by atoms with Gasteiger partial charge in [0, 0.05) is 24.5 Å². The van der Waals surface area contributed by atoms with Crippen molar-refractivity contribution in [3.05, 3.63) is 37.1 Å². The minimum atomic E-state index is 0.620. The second-order valence-electron chi connectivity index (χ2n) is 5.89. The molecule has 1 aliphatic rings. The van der Waals surface area contributed by atoms with E-state index in [9.17, 15) is 0 Å². The van der Waals surface area contributed by atoms with Crippen LogP contribution in [0.1, 0.15) is 12.8 Å². The molecule has 0 saturated carbocycles. The quantitative estimate of drug-likeness (QED) is 0.772. The number of nitrogens with zero attached hydrogens (tertiary/aromatic N) is 3. The van der Waals surface area contributed by atoms with Crippen molar-refractivity contribution in [1.29, 1.82) is 0 Å². The minimum absolute atomic E-state index is 0.620. The van der Waals surface area contributed by atoms with E-state index in [1.165, 1.54) is 12.8 Å². The molecule has 118 valence electrons. The van der Waals surface area contributed by atoms with Crippen LogP contribution in [0.3, 0.4) is 0 Å². The summed E-state index contributed by atoms with van der Waals surface area (Å²) in [6, 6.07) is 3.85. The van der Waals surface area contributed by atoms with E-state index < -0.39 is 0 Å². The average molecular weight is 309 g/mol. The number of nitrogens with one attached hydrogen (secondary N) is 2. The van der Waals surface area contributed by atoms with E-state index in [-0.39, 0.29) is 0 Å². The van der Waals surface area contributed by atoms with Crippen LogP contribution in [0, 0.1) is 5.92 Å². The third-order valence-corrected chi connectivity index (χ3v) is 4.23. The molecule has 0 bridgehead atoms. The Bertz CT molecular complexity index is 781. The van der Waals surface area contributed by atoms with Crippen molar-refractivity contribution in [2.45, 2.75) is 12.8 Å². The Labute approximate surface area is 134 Å². The van der Waals surface area contributed by atoms with E-state index in [1.54, 1.807) is 24.9 Å². The fraction of sp³-hybridized carbons (Fsp3) is 0.353. The maximum absolute atomic E-state index is 5.17. The highest BCUT2D eigenvalue weighted by atomic mass is 16.3. The molecule has 0 aromatic carbocycles. The minimum Gasteiger partial charge on any atom is -0.472 e. The first-order valence-corrected chi connectivity index (χ1v) is 7.99. The maximum Gasteiger partial charge on any atom is 0.154 e. The van der Waals surface area contributed by atoms with E-state index in [1.807, 2.05) is 12.1 Å². The zero-order valence-electron chi connectivity index (χ0n) is 12.8. The van der Waals surface area contributed by atoms with Crippen LogP contribution in [-0.2, 0) is 0 Å². The van der Waals surface area contributed by atoms with Gasteiger partial charge in [0.1, 0.15) is 5.52 Å². The number of anilines is 1. The number of aromatic nitrogens is 3. The Balaban J connectivity index is 1.66. The molecule has 23 heavy (non-hydrogen) atoms. The highest BCUT2D eigenvalue weighted by Crippen LogP contribution is 2.26. The molecule has 6 nitrogen and oxygen atoms in total. The van der Waals surface area contributed by atoms with Gasteiger partial charge in [-0.25, -0.2) is 9.97 Å². The largest absolute Gasteiger partial charge is 0.472 e. The van der Waals surface area contributed by atoms with Gasteiger partial charge in [0.25, 0.3) is 0 Å². The summed E-state index contributed by atoms with van der Waals surface area (Å²) in [6.45, 7) is 3.07. The Kier molecular flexibility index (Phi) is 3.90. The van der Waals surface area contributed by atoms with Crippen LogP contribution in [0.15, 0.2) is 41.5 Å². The van der Waals surface area contributed by atoms with Crippen LogP contribution in [0.2, 0.25) is 0 Å². The average Bonchev–Trinajstić information content (AvgIpc) is 3.15. The van der Waals surface area contributed by atoms with Gasteiger partial charge >= 0.3 is 0 Å². The monoisotopic (exact) mass is 309 g/mol. The fourth-order valence-electron chi connectivity index (χ4n) is 2.99. The number of furan rings is 1. The summed E-state index contributed by atoms with van der Waals surface area (Å²) in [6.07, 6.45) is 9.23. The SMILES string of the molecule is c1cnc2c(NCC3CCCNC3)nc(-c3ccoc3)cc2n1. The lowest BCUT2D eigenvalue weighted by Gasteiger charge is -2.23. The van der Waals surface area contributed by atoms with Crippen LogP contribution in [0.4, 0.5) is 5.82 Å². The highest BCUT2D eigenvalue weighted by Gasteiger charge is 2.15. The molecule has 0 radical (unpaired) electrons. The molecule has 1 saturated heterocycles. The van der Waals surface area contributed by atoms with Crippen molar-refractivity contribution in [1.82, 2.24) is 20.3 Å². The zero-order chi connectivity index (χ0) is 15.5. The van der Waals surface area contributed by atoms with E-state index in [0.29, 0.717) is 5.92 Å². The lowest BCUT2D eigenvalue weighted by atomic mass is 10.00. The Morgan fingerprint density at radius 2 is 2.26 bits per heavy atom. The molecule has 2 N–H and O–H groups in total. The van der Waals surface area contributed by atoms with Crippen molar-refractivity contribution < 1.29 is 4.42 Å². The number of piperidine rings is 1. The smallest absolute Gasteiger partial charge is 0.154 e. The Morgan fingerprint density at radius 1 is 1.30 bits per heavy atom. The number of pyridine rings is 1. The van der Waals surface area contributed by atoms with Gasteiger partial charge in [-0.15, -0.1) is 0 Å². The van der Waals surface area contributed by atoms with Gasteiger partial charge in [-0.05, 0) is 44.0 Å². The van der Waals surface area contributed by atoms with E-state index >= 15 is 0 Å². The number of rotatable bonds is 4. The molecule has 4 heterocycles. The lowest BCUT2D eigenvalue weighted by molar-refractivity contribution is 0.392. The molecule has 1 atom stereocenters. The summed E-state index contributed by atoms with van der Waals surface area (Å²) in [4.78, 5) is 13.6. The predicted molar refractivity (Wildman–Crippen MR) is 89.1 cm³/mol. The summed E-state index contributed by atoms with van der Waals surface area (Å²) < 4.78 is 5.17. The summed E-state index contributed by atoms with van der Waals surface area (Å²) in [5, 5.41) is 6.92. The van der Waals surface area contributed by atoms with Gasteiger partial charge in [0.05, 0.1) is 23.7 Å². The first kappa shape index (κ1) is 14.1. The van der Waals surface area contributed by atoms with E-state index in [0.717, 1.165) is 47.7 Å². The molecule has 4 rings (SSSR count). The molecule has 1 fully saturated rings. The highest BCUT2D eigenvalue weighted by molar-refractivity contribution is 5.88. The molecule has 0 aliphatic carbocycles. The second-order valence-corrected chi connectivity index (χ2v) is 5.89. The molecular formula is C17H19N5O. The summed E-state index contributed by atoms with van der Waals surface area (Å²) in [5.41, 5.74) is 3.43. The van der Waals surface area contributed by atoms with Crippen molar-refractivity contribution in [2.75, 3.05) is 25.0 Å². The number of hydrogen-bond donors (Lipinski definition) is 2. The van der Waals surface area contributed by atoms with E-state index in [2.05, 4.69) is 20.6 Å². The molecule has 0 spiro atoms. The third-order valence-electron chi connectivity index (χ3n) is 4.23. The van der Waals surface area contributed by atoms with Gasteiger partial charge in [0.2, 0.25) is 0 Å². The van der Waals surface area contributed by atoms with Crippen molar-refractivity contribution in [3.8, 4) is 11.3 Å². The number of hydrogen-bond acceptors (Lipinski definition) is 6. The first-order chi connectivity index (χ1) is 11.4. The molecule has 0 amide bonds. The van der Waals surface area contributed by atoms with Gasteiger partial charge in [0.15, 0.2) is 5.82 Å². The van der Waals surface area contributed by atoms with Crippen LogP contribution < -0.4 is 10.6 Å². The molecular weight excluding hydrogens is 290 g/mol. The Morgan fingerprint density at radius 3 is 3.09 bits per heavy atom. The molecule has 1 aliphatic heterocycles. The molecule has 3 aromatic rings. The van der Waals surface area contributed by atoms with Crippen molar-refractivity contribution in [3.63, 3.8) is 0 Å². The standard InChI is InChI=1S/C17H19N5O/c1-2-12(9-18-4-1)10-21-17-16-15(19-5-6-20-16)8-14(22-17)13-3-7-23-11-13/h3,5-8,11-12,18H,1-2,4,9-10H2,(H,21,22). The normalized spacial score (nSPS) is 18.2. The molecule has 1 unspecified atom stereocenters. The molecule has 3 aromatic heterocycles. The van der Waals surface area contributed by atoms with Crippen molar-refractivity contribution >= 4 is 16.9 Å². The van der Waals surface area contributed by atoms with Crippen LogP contribution in [0.5, 0.6) is 0 Å². The van der Waals surface area contributed by atoms with Gasteiger partial charge < -0.3 is 15.1 Å².